The summed E-state index contributed by atoms with van der Waals surface area (Å²) in [5.74, 6) is 2.51. The maximum atomic E-state index is 5.43. The van der Waals surface area contributed by atoms with Crippen molar-refractivity contribution >= 4 is 5.82 Å². The van der Waals surface area contributed by atoms with E-state index >= 15 is 0 Å². The van der Waals surface area contributed by atoms with Crippen LogP contribution in [0.5, 0.6) is 0 Å². The minimum Gasteiger partial charge on any atom is -0.461 e. The maximum absolute atomic E-state index is 5.43. The molecule has 0 aliphatic heterocycles. The second-order valence-corrected chi connectivity index (χ2v) is 5.36. The number of anilines is 1. The van der Waals surface area contributed by atoms with Crippen molar-refractivity contribution in [2.45, 2.75) is 6.42 Å². The van der Waals surface area contributed by atoms with E-state index in [1.54, 1.807) is 23.3 Å². The summed E-state index contributed by atoms with van der Waals surface area (Å²) in [7, 11) is 0. The predicted octanol–water partition coefficient (Wildman–Crippen LogP) is 2.97. The van der Waals surface area contributed by atoms with Crippen LogP contribution in [0.2, 0.25) is 0 Å². The van der Waals surface area contributed by atoms with E-state index in [-0.39, 0.29) is 0 Å². The molecular formula is C18H16N6O. The largest absolute Gasteiger partial charge is 0.461 e. The van der Waals surface area contributed by atoms with Crippen LogP contribution in [0, 0.1) is 0 Å². The van der Waals surface area contributed by atoms with E-state index < -0.39 is 0 Å². The maximum Gasteiger partial charge on any atom is 0.199 e. The molecule has 7 heteroatoms. The minimum absolute atomic E-state index is 0.512. The van der Waals surface area contributed by atoms with Gasteiger partial charge in [0.2, 0.25) is 0 Å². The van der Waals surface area contributed by atoms with Crippen LogP contribution in [-0.4, -0.2) is 31.3 Å². The fourth-order valence-corrected chi connectivity index (χ4v) is 2.43. The Balaban J connectivity index is 1.58. The van der Waals surface area contributed by atoms with Crippen LogP contribution in [0.1, 0.15) is 5.69 Å². The number of hydrogen-bond acceptors (Lipinski definition) is 6. The van der Waals surface area contributed by atoms with Crippen molar-refractivity contribution in [3.05, 3.63) is 73.0 Å². The van der Waals surface area contributed by atoms with Crippen LogP contribution < -0.4 is 5.32 Å². The van der Waals surface area contributed by atoms with Crippen molar-refractivity contribution < 1.29 is 4.42 Å². The molecule has 0 radical (unpaired) electrons. The van der Waals surface area contributed by atoms with Gasteiger partial charge in [-0.25, -0.2) is 14.6 Å². The molecule has 0 saturated carbocycles. The van der Waals surface area contributed by atoms with Gasteiger partial charge in [0.05, 0.1) is 6.26 Å². The quantitative estimate of drug-likeness (QED) is 0.584. The highest BCUT2D eigenvalue weighted by atomic mass is 16.3. The molecule has 4 heterocycles. The molecule has 124 valence electrons. The molecule has 0 amide bonds. The van der Waals surface area contributed by atoms with E-state index in [0.717, 1.165) is 12.1 Å². The van der Waals surface area contributed by atoms with Crippen molar-refractivity contribution in [3.63, 3.8) is 0 Å². The Morgan fingerprint density at radius 1 is 1.04 bits per heavy atom. The second kappa shape index (κ2) is 6.96. The van der Waals surface area contributed by atoms with Crippen molar-refractivity contribution in [3.8, 4) is 17.4 Å². The Morgan fingerprint density at radius 3 is 2.80 bits per heavy atom. The molecular weight excluding hydrogens is 316 g/mol. The van der Waals surface area contributed by atoms with Gasteiger partial charge in [-0.2, -0.15) is 5.10 Å². The average Bonchev–Trinajstić information content (AvgIpc) is 3.36. The lowest BCUT2D eigenvalue weighted by atomic mass is 10.3. The molecule has 0 unspecified atom stereocenters. The van der Waals surface area contributed by atoms with Gasteiger partial charge >= 0.3 is 0 Å². The topological polar surface area (TPSA) is 81.7 Å². The molecule has 0 fully saturated rings. The Bertz CT molecular complexity index is 867. The van der Waals surface area contributed by atoms with Crippen molar-refractivity contribution in [1.29, 1.82) is 0 Å². The van der Waals surface area contributed by atoms with Crippen LogP contribution in [0.3, 0.4) is 0 Å². The van der Waals surface area contributed by atoms with Gasteiger partial charge in [-0.1, -0.05) is 6.07 Å². The average molecular weight is 332 g/mol. The summed E-state index contributed by atoms with van der Waals surface area (Å²) >= 11 is 0. The summed E-state index contributed by atoms with van der Waals surface area (Å²) < 4.78 is 7.12. The molecule has 0 bridgehead atoms. The zero-order chi connectivity index (χ0) is 16.9. The Kier molecular flexibility index (Phi) is 4.20. The van der Waals surface area contributed by atoms with Crippen molar-refractivity contribution in [2.75, 3.05) is 11.9 Å². The molecule has 0 saturated heterocycles. The van der Waals surface area contributed by atoms with E-state index in [1.165, 1.54) is 0 Å². The Hall–Kier alpha value is -3.48. The number of furan rings is 1. The third-order valence-corrected chi connectivity index (χ3v) is 3.61. The van der Waals surface area contributed by atoms with Gasteiger partial charge < -0.3 is 9.73 Å². The molecule has 4 rings (SSSR count). The first kappa shape index (κ1) is 15.1. The minimum atomic E-state index is 0.512. The Labute approximate surface area is 144 Å². The molecule has 25 heavy (non-hydrogen) atoms. The number of hydrogen-bond donors (Lipinski definition) is 1. The van der Waals surface area contributed by atoms with Crippen molar-refractivity contribution in [2.24, 2.45) is 0 Å². The van der Waals surface area contributed by atoms with Gasteiger partial charge in [0.1, 0.15) is 5.82 Å². The lowest BCUT2D eigenvalue weighted by Gasteiger charge is -2.09. The molecule has 0 aromatic carbocycles. The molecule has 0 atom stereocenters. The first-order chi connectivity index (χ1) is 12.4. The first-order valence-electron chi connectivity index (χ1n) is 7.95. The molecule has 4 aromatic heterocycles. The third-order valence-electron chi connectivity index (χ3n) is 3.61. The van der Waals surface area contributed by atoms with E-state index in [9.17, 15) is 0 Å². The second-order valence-electron chi connectivity index (χ2n) is 5.36. The van der Waals surface area contributed by atoms with Gasteiger partial charge in [-0.05, 0) is 30.3 Å². The highest BCUT2D eigenvalue weighted by Crippen LogP contribution is 2.20. The fourth-order valence-electron chi connectivity index (χ4n) is 2.43. The summed E-state index contributed by atoms with van der Waals surface area (Å²) in [5.41, 5.74) is 1.03. The normalized spacial score (nSPS) is 10.7. The highest BCUT2D eigenvalue weighted by Gasteiger charge is 2.10. The van der Waals surface area contributed by atoms with Crippen LogP contribution in [0.25, 0.3) is 17.4 Å². The standard InChI is InChI=1S/C18H16N6O/c1-2-8-19-14(5-1)7-10-20-16-13-17(24-11-4-9-21-24)23-18(22-16)15-6-3-12-25-15/h1-6,8-9,11-13H,7,10H2,(H,20,22,23). The number of aromatic nitrogens is 5. The molecule has 0 aliphatic carbocycles. The van der Waals surface area contributed by atoms with Crippen LogP contribution >= 0.6 is 0 Å². The SMILES string of the molecule is c1ccc(CCNc2cc(-n3cccn3)nc(-c3ccco3)n2)nc1. The van der Waals surface area contributed by atoms with Crippen LogP contribution in [0.4, 0.5) is 5.82 Å². The van der Waals surface area contributed by atoms with E-state index in [4.69, 9.17) is 4.42 Å². The first-order valence-corrected chi connectivity index (χ1v) is 7.95. The lowest BCUT2D eigenvalue weighted by Crippen LogP contribution is -2.10. The monoisotopic (exact) mass is 332 g/mol. The Morgan fingerprint density at radius 2 is 2.04 bits per heavy atom. The highest BCUT2D eigenvalue weighted by molar-refractivity contribution is 5.53. The number of nitrogens with one attached hydrogen (secondary N) is 1. The summed E-state index contributed by atoms with van der Waals surface area (Å²) in [6.07, 6.45) is 7.76. The van der Waals surface area contributed by atoms with Crippen LogP contribution in [0.15, 0.2) is 71.7 Å². The van der Waals surface area contributed by atoms with Crippen molar-refractivity contribution in [1.82, 2.24) is 24.7 Å². The summed E-state index contributed by atoms with van der Waals surface area (Å²) in [6, 6.07) is 13.3. The van der Waals surface area contributed by atoms with E-state index in [1.807, 2.05) is 48.7 Å². The van der Waals surface area contributed by atoms with Crippen LogP contribution in [-0.2, 0) is 6.42 Å². The molecule has 7 nitrogen and oxygen atoms in total. The number of pyridine rings is 1. The molecule has 0 aliphatic rings. The predicted molar refractivity (Wildman–Crippen MR) is 93.3 cm³/mol. The number of rotatable bonds is 6. The zero-order valence-corrected chi connectivity index (χ0v) is 13.4. The summed E-state index contributed by atoms with van der Waals surface area (Å²) in [5, 5.41) is 7.56. The molecule has 1 N–H and O–H groups in total. The third kappa shape index (κ3) is 3.55. The molecule has 0 spiro atoms. The fraction of sp³-hybridized carbons (Fsp3) is 0.111. The smallest absolute Gasteiger partial charge is 0.199 e. The van der Waals surface area contributed by atoms with Gasteiger partial charge in [-0.3, -0.25) is 4.98 Å². The lowest BCUT2D eigenvalue weighted by molar-refractivity contribution is 0.577. The summed E-state index contributed by atoms with van der Waals surface area (Å²) in [6.45, 7) is 0.712. The number of nitrogens with zero attached hydrogens (tertiary/aromatic N) is 5. The summed E-state index contributed by atoms with van der Waals surface area (Å²) in [4.78, 5) is 13.4. The van der Waals surface area contributed by atoms with Gasteiger partial charge in [0, 0.05) is 43.3 Å². The van der Waals surface area contributed by atoms with E-state index in [2.05, 4.69) is 25.4 Å². The molecule has 4 aromatic rings. The van der Waals surface area contributed by atoms with Gasteiger partial charge in [0.15, 0.2) is 17.4 Å². The zero-order valence-electron chi connectivity index (χ0n) is 13.4. The van der Waals surface area contributed by atoms with Gasteiger partial charge in [0.25, 0.3) is 0 Å². The van der Waals surface area contributed by atoms with Gasteiger partial charge in [-0.15, -0.1) is 0 Å². The van der Waals surface area contributed by atoms with E-state index in [0.29, 0.717) is 29.8 Å².